The average Bonchev–Trinajstić information content (AvgIpc) is 3.13. The number of halogens is 1. The van der Waals surface area contributed by atoms with Gasteiger partial charge in [0.2, 0.25) is 0 Å². The summed E-state index contributed by atoms with van der Waals surface area (Å²) in [6, 6.07) is 6.91. The summed E-state index contributed by atoms with van der Waals surface area (Å²) in [5, 5.41) is 6.25. The molecule has 1 aliphatic heterocycles. The molecule has 0 aromatic carbocycles. The van der Waals surface area contributed by atoms with Crippen molar-refractivity contribution in [2.75, 3.05) is 11.4 Å². The number of rotatable bonds is 4. The van der Waals surface area contributed by atoms with Crippen LogP contribution >= 0.6 is 11.3 Å². The van der Waals surface area contributed by atoms with Crippen molar-refractivity contribution in [2.24, 2.45) is 5.92 Å². The van der Waals surface area contributed by atoms with E-state index in [4.69, 9.17) is 0 Å². The summed E-state index contributed by atoms with van der Waals surface area (Å²) in [6.45, 7) is 4.76. The topological polar surface area (TPSA) is 89.7 Å². The monoisotopic (exact) mass is 451 g/mol. The molecular formula is C22H22FN7OS. The number of aromatic nitrogens is 6. The first kappa shape index (κ1) is 20.6. The minimum absolute atomic E-state index is 0.00257. The molecule has 10 heteroatoms. The van der Waals surface area contributed by atoms with Crippen LogP contribution in [-0.4, -0.2) is 42.6 Å². The minimum Gasteiger partial charge on any atom is -0.326 e. The lowest BCUT2D eigenvalue weighted by molar-refractivity contribution is 0.195. The molecule has 0 aliphatic carbocycles. The highest BCUT2D eigenvalue weighted by atomic mass is 32.1. The molecule has 0 bridgehead atoms. The molecule has 1 saturated heterocycles. The van der Waals surface area contributed by atoms with Crippen molar-refractivity contribution < 1.29 is 4.39 Å². The van der Waals surface area contributed by atoms with Gasteiger partial charge in [0.05, 0.1) is 21.0 Å². The van der Waals surface area contributed by atoms with Crippen LogP contribution in [0.15, 0.2) is 41.6 Å². The van der Waals surface area contributed by atoms with Gasteiger partial charge in [-0.2, -0.15) is 5.10 Å². The second-order valence-electron chi connectivity index (χ2n) is 7.98. The SMILES string of the molecule is Cc1nc(C)c(-c2ccc(=O)n(CC3CCN(c4ncnc5ncccc45)C(F)C3)n2)s1. The summed E-state index contributed by atoms with van der Waals surface area (Å²) in [4.78, 5) is 32.2. The first-order valence-corrected chi connectivity index (χ1v) is 11.3. The second kappa shape index (κ2) is 8.34. The number of fused-ring (bicyclic) bond motifs is 1. The summed E-state index contributed by atoms with van der Waals surface area (Å²) < 4.78 is 16.7. The fourth-order valence-corrected chi connectivity index (χ4v) is 5.10. The van der Waals surface area contributed by atoms with E-state index in [1.807, 2.05) is 19.9 Å². The van der Waals surface area contributed by atoms with Gasteiger partial charge in [0.15, 0.2) is 11.9 Å². The quantitative estimate of drug-likeness (QED) is 0.439. The molecule has 8 nitrogen and oxygen atoms in total. The first-order chi connectivity index (χ1) is 15.5. The minimum atomic E-state index is -1.21. The number of alkyl halides is 1. The zero-order chi connectivity index (χ0) is 22.2. The lowest BCUT2D eigenvalue weighted by Gasteiger charge is -2.36. The molecule has 5 heterocycles. The van der Waals surface area contributed by atoms with E-state index in [-0.39, 0.29) is 11.5 Å². The third-order valence-corrected chi connectivity index (χ3v) is 6.83. The van der Waals surface area contributed by atoms with E-state index in [1.54, 1.807) is 34.6 Å². The summed E-state index contributed by atoms with van der Waals surface area (Å²) in [6.07, 6.45) is 2.89. The Balaban J connectivity index is 1.35. The van der Waals surface area contributed by atoms with Gasteiger partial charge in [0.25, 0.3) is 5.56 Å². The molecule has 0 saturated carbocycles. The molecule has 164 valence electrons. The van der Waals surface area contributed by atoms with Crippen LogP contribution in [0, 0.1) is 19.8 Å². The molecule has 1 aliphatic rings. The molecule has 2 unspecified atom stereocenters. The zero-order valence-electron chi connectivity index (χ0n) is 17.8. The molecule has 4 aromatic rings. The third kappa shape index (κ3) is 3.86. The van der Waals surface area contributed by atoms with Crippen LogP contribution in [0.2, 0.25) is 0 Å². The van der Waals surface area contributed by atoms with Gasteiger partial charge < -0.3 is 4.90 Å². The lowest BCUT2D eigenvalue weighted by Crippen LogP contribution is -2.42. The van der Waals surface area contributed by atoms with Crippen molar-refractivity contribution in [3.63, 3.8) is 0 Å². The smallest absolute Gasteiger partial charge is 0.266 e. The maximum absolute atomic E-state index is 15.2. The van der Waals surface area contributed by atoms with E-state index in [0.717, 1.165) is 33.1 Å². The number of hydrogen-bond donors (Lipinski definition) is 0. The highest BCUT2D eigenvalue weighted by Gasteiger charge is 2.31. The Morgan fingerprint density at radius 2 is 2.06 bits per heavy atom. The van der Waals surface area contributed by atoms with Crippen LogP contribution in [0.25, 0.3) is 21.6 Å². The number of thiazole rings is 1. The third-order valence-electron chi connectivity index (χ3n) is 5.74. The Morgan fingerprint density at radius 1 is 1.19 bits per heavy atom. The van der Waals surface area contributed by atoms with Gasteiger partial charge in [-0.1, -0.05) is 0 Å². The molecule has 0 amide bonds. The summed E-state index contributed by atoms with van der Waals surface area (Å²) in [7, 11) is 0. The van der Waals surface area contributed by atoms with Crippen molar-refractivity contribution in [3.8, 4) is 10.6 Å². The molecular weight excluding hydrogens is 429 g/mol. The summed E-state index contributed by atoms with van der Waals surface area (Å²) >= 11 is 1.55. The zero-order valence-corrected chi connectivity index (χ0v) is 18.6. The van der Waals surface area contributed by atoms with Crippen LogP contribution in [0.5, 0.6) is 0 Å². The predicted molar refractivity (Wildman–Crippen MR) is 121 cm³/mol. The number of hydrogen-bond acceptors (Lipinski definition) is 8. The van der Waals surface area contributed by atoms with E-state index in [0.29, 0.717) is 31.0 Å². The second-order valence-corrected chi connectivity index (χ2v) is 9.18. The van der Waals surface area contributed by atoms with Gasteiger partial charge in [-0.3, -0.25) is 4.79 Å². The van der Waals surface area contributed by atoms with Crippen molar-refractivity contribution in [1.29, 1.82) is 0 Å². The van der Waals surface area contributed by atoms with Crippen LogP contribution in [0.4, 0.5) is 10.2 Å². The molecule has 4 aromatic heterocycles. The van der Waals surface area contributed by atoms with Gasteiger partial charge in [-0.15, -0.1) is 11.3 Å². The predicted octanol–water partition coefficient (Wildman–Crippen LogP) is 3.53. The Morgan fingerprint density at radius 3 is 2.84 bits per heavy atom. The first-order valence-electron chi connectivity index (χ1n) is 10.5. The highest BCUT2D eigenvalue weighted by Crippen LogP contribution is 2.32. The molecule has 0 radical (unpaired) electrons. The van der Waals surface area contributed by atoms with Gasteiger partial charge in [-0.05, 0) is 44.4 Å². The van der Waals surface area contributed by atoms with Crippen molar-refractivity contribution in [2.45, 2.75) is 39.5 Å². The fourth-order valence-electron chi connectivity index (χ4n) is 4.21. The van der Waals surface area contributed by atoms with Crippen LogP contribution < -0.4 is 10.5 Å². The number of anilines is 1. The number of piperidine rings is 1. The largest absolute Gasteiger partial charge is 0.326 e. The Bertz CT molecular complexity index is 1330. The normalized spacial score (nSPS) is 18.9. The van der Waals surface area contributed by atoms with E-state index in [1.165, 1.54) is 17.1 Å². The molecule has 2 atom stereocenters. The van der Waals surface area contributed by atoms with Gasteiger partial charge in [0, 0.05) is 31.8 Å². The van der Waals surface area contributed by atoms with Crippen molar-refractivity contribution in [3.05, 3.63) is 57.8 Å². The van der Waals surface area contributed by atoms with Gasteiger partial charge in [-0.25, -0.2) is 29.0 Å². The number of nitrogens with zero attached hydrogens (tertiary/aromatic N) is 7. The molecule has 0 spiro atoms. The van der Waals surface area contributed by atoms with Gasteiger partial charge >= 0.3 is 0 Å². The van der Waals surface area contributed by atoms with Crippen LogP contribution in [-0.2, 0) is 6.54 Å². The van der Waals surface area contributed by atoms with E-state index < -0.39 is 6.30 Å². The van der Waals surface area contributed by atoms with Crippen LogP contribution in [0.1, 0.15) is 23.5 Å². The van der Waals surface area contributed by atoms with Crippen molar-refractivity contribution >= 4 is 28.2 Å². The Kier molecular flexibility index (Phi) is 5.38. The fraction of sp³-hybridized carbons (Fsp3) is 0.364. The van der Waals surface area contributed by atoms with E-state index >= 15 is 4.39 Å². The molecule has 32 heavy (non-hydrogen) atoms. The molecule has 0 N–H and O–H groups in total. The Labute approximate surface area is 187 Å². The maximum Gasteiger partial charge on any atom is 0.266 e. The van der Waals surface area contributed by atoms with E-state index in [2.05, 4.69) is 25.0 Å². The Hall–Kier alpha value is -3.27. The summed E-state index contributed by atoms with van der Waals surface area (Å²) in [5.74, 6) is 0.555. The summed E-state index contributed by atoms with van der Waals surface area (Å²) in [5.41, 5.74) is 1.99. The molecule has 1 fully saturated rings. The average molecular weight is 452 g/mol. The number of aryl methyl sites for hydroxylation is 2. The molecule has 5 rings (SSSR count). The standard InChI is InChI=1S/C22H22FN7OS/c1-13-20(32-14(2)27-13)17-5-6-19(31)30(28-17)11-15-7-9-29(18(23)10-15)22-16-4-3-8-24-21(16)25-12-26-22/h3-6,8,12,15,18H,7,9-11H2,1-2H3. The maximum atomic E-state index is 15.2. The van der Waals surface area contributed by atoms with E-state index in [9.17, 15) is 4.79 Å². The van der Waals surface area contributed by atoms with Crippen molar-refractivity contribution in [1.82, 2.24) is 29.7 Å². The van der Waals surface area contributed by atoms with Crippen LogP contribution in [0.3, 0.4) is 0 Å². The lowest BCUT2D eigenvalue weighted by atomic mass is 9.95. The van der Waals surface area contributed by atoms with Gasteiger partial charge in [0.1, 0.15) is 17.8 Å². The highest BCUT2D eigenvalue weighted by molar-refractivity contribution is 7.15. The number of pyridine rings is 1.